The molecule has 0 radical (unpaired) electrons. The van der Waals surface area contributed by atoms with Crippen molar-refractivity contribution >= 4 is 22.4 Å². The van der Waals surface area contributed by atoms with Gasteiger partial charge in [-0.15, -0.1) is 0 Å². The molecule has 0 unspecified atom stereocenters. The quantitative estimate of drug-likeness (QED) is 0.557. The lowest BCUT2D eigenvalue weighted by Gasteiger charge is -2.02. The molecular formula is C21H16N4OS. The summed E-state index contributed by atoms with van der Waals surface area (Å²) in [6.45, 7) is 1.83. The number of hydrogen-bond acceptors (Lipinski definition) is 5. The molecule has 1 N–H and O–H groups in total. The lowest BCUT2D eigenvalue weighted by Crippen LogP contribution is -2.13. The number of nitrogens with one attached hydrogen (secondary N) is 1. The molecule has 0 aliphatic heterocycles. The second-order valence-corrected chi connectivity index (χ2v) is 6.93. The molecule has 4 aromatic rings. The molecule has 0 atom stereocenters. The van der Waals surface area contributed by atoms with Gasteiger partial charge >= 0.3 is 0 Å². The molecule has 2 aromatic carbocycles. The van der Waals surface area contributed by atoms with E-state index in [9.17, 15) is 4.79 Å². The van der Waals surface area contributed by atoms with Gasteiger partial charge in [0.2, 0.25) is 0 Å². The van der Waals surface area contributed by atoms with Gasteiger partial charge in [-0.1, -0.05) is 72.0 Å². The van der Waals surface area contributed by atoms with Crippen molar-refractivity contribution in [3.63, 3.8) is 0 Å². The van der Waals surface area contributed by atoms with Gasteiger partial charge in [0.15, 0.2) is 5.13 Å². The predicted molar refractivity (Wildman–Crippen MR) is 108 cm³/mol. The Balaban J connectivity index is 1.71. The highest BCUT2D eigenvalue weighted by Gasteiger charge is 2.17. The van der Waals surface area contributed by atoms with Gasteiger partial charge in [-0.05, 0) is 12.5 Å². The summed E-state index contributed by atoms with van der Waals surface area (Å²) in [6.07, 6.45) is 3.04. The second kappa shape index (κ2) is 7.47. The van der Waals surface area contributed by atoms with Gasteiger partial charge in [0, 0.05) is 11.8 Å². The van der Waals surface area contributed by atoms with Crippen molar-refractivity contribution in [1.29, 1.82) is 0 Å². The number of benzene rings is 2. The highest BCUT2D eigenvalue weighted by atomic mass is 32.1. The van der Waals surface area contributed by atoms with E-state index < -0.39 is 0 Å². The van der Waals surface area contributed by atoms with Gasteiger partial charge in [0.25, 0.3) is 5.91 Å². The number of thiazole rings is 1. The lowest BCUT2D eigenvalue weighted by molar-refractivity contribution is 0.102. The number of rotatable bonds is 4. The maximum Gasteiger partial charge on any atom is 0.277 e. The van der Waals surface area contributed by atoms with Crippen LogP contribution in [0.4, 0.5) is 5.13 Å². The van der Waals surface area contributed by atoms with Gasteiger partial charge in [-0.2, -0.15) is 0 Å². The molecule has 0 fully saturated rings. The summed E-state index contributed by atoms with van der Waals surface area (Å²) in [5.74, 6) is -0.324. The molecule has 2 aromatic heterocycles. The standard InChI is InChI=1S/C21H16N4OS/c1-14-12-23-17(13-22-14)20(26)25-21-24-18(15-8-4-2-5-9-15)19(27-21)16-10-6-3-7-11-16/h2-13H,1H3,(H,24,25,26). The molecule has 1 amide bonds. The molecule has 0 saturated carbocycles. The summed E-state index contributed by atoms with van der Waals surface area (Å²) in [5.41, 5.74) is 3.93. The van der Waals surface area contributed by atoms with Crippen LogP contribution in [0.5, 0.6) is 0 Å². The van der Waals surface area contributed by atoms with Crippen molar-refractivity contribution in [2.24, 2.45) is 0 Å². The van der Waals surface area contributed by atoms with E-state index in [-0.39, 0.29) is 11.6 Å². The summed E-state index contributed by atoms with van der Waals surface area (Å²) in [7, 11) is 0. The lowest BCUT2D eigenvalue weighted by atomic mass is 10.1. The fourth-order valence-electron chi connectivity index (χ4n) is 2.62. The number of aromatic nitrogens is 3. The number of amides is 1. The van der Waals surface area contributed by atoms with Crippen LogP contribution >= 0.6 is 11.3 Å². The molecule has 6 heteroatoms. The van der Waals surface area contributed by atoms with Crippen LogP contribution < -0.4 is 5.32 Å². The highest BCUT2D eigenvalue weighted by Crippen LogP contribution is 2.38. The fourth-order valence-corrected chi connectivity index (χ4v) is 3.61. The highest BCUT2D eigenvalue weighted by molar-refractivity contribution is 7.19. The Morgan fingerprint density at radius 3 is 2.19 bits per heavy atom. The SMILES string of the molecule is Cc1cnc(C(=O)Nc2nc(-c3ccccc3)c(-c3ccccc3)s2)cn1. The second-order valence-electron chi connectivity index (χ2n) is 5.93. The Morgan fingerprint density at radius 1 is 0.889 bits per heavy atom. The molecular weight excluding hydrogens is 356 g/mol. The van der Waals surface area contributed by atoms with Crippen LogP contribution in [0, 0.1) is 6.92 Å². The van der Waals surface area contributed by atoms with Gasteiger partial charge < -0.3 is 0 Å². The van der Waals surface area contributed by atoms with E-state index in [1.165, 1.54) is 17.5 Å². The monoisotopic (exact) mass is 372 g/mol. The van der Waals surface area contributed by atoms with E-state index in [1.54, 1.807) is 6.20 Å². The van der Waals surface area contributed by atoms with Crippen LogP contribution in [0.15, 0.2) is 73.1 Å². The van der Waals surface area contributed by atoms with Gasteiger partial charge in [0.1, 0.15) is 5.69 Å². The zero-order valence-electron chi connectivity index (χ0n) is 14.6. The van der Waals surface area contributed by atoms with E-state index in [4.69, 9.17) is 0 Å². The molecule has 0 aliphatic carbocycles. The summed E-state index contributed by atoms with van der Waals surface area (Å²) in [4.78, 5) is 26.4. The van der Waals surface area contributed by atoms with Crippen LogP contribution in [-0.4, -0.2) is 20.9 Å². The average Bonchev–Trinajstić information content (AvgIpc) is 3.13. The Hall–Kier alpha value is -3.38. The van der Waals surface area contributed by atoms with Crippen molar-refractivity contribution in [1.82, 2.24) is 15.0 Å². The largest absolute Gasteiger partial charge is 0.296 e. The Morgan fingerprint density at radius 2 is 1.56 bits per heavy atom. The summed E-state index contributed by atoms with van der Waals surface area (Å²) >= 11 is 1.44. The van der Waals surface area contributed by atoms with Crippen LogP contribution in [0.3, 0.4) is 0 Å². The normalized spacial score (nSPS) is 10.6. The van der Waals surface area contributed by atoms with Crippen LogP contribution in [0.25, 0.3) is 21.7 Å². The van der Waals surface area contributed by atoms with E-state index in [1.807, 2.05) is 67.6 Å². The van der Waals surface area contributed by atoms with Crippen molar-refractivity contribution in [2.75, 3.05) is 5.32 Å². The first-order valence-corrected chi connectivity index (χ1v) is 9.24. The molecule has 0 saturated heterocycles. The molecule has 4 rings (SSSR count). The minimum atomic E-state index is -0.324. The van der Waals surface area contributed by atoms with Crippen LogP contribution in [-0.2, 0) is 0 Å². The van der Waals surface area contributed by atoms with Crippen molar-refractivity contribution < 1.29 is 4.79 Å². The Kier molecular flexibility index (Phi) is 4.72. The van der Waals surface area contributed by atoms with Crippen molar-refractivity contribution in [3.05, 3.63) is 84.4 Å². The number of hydrogen-bond donors (Lipinski definition) is 1. The molecule has 27 heavy (non-hydrogen) atoms. The summed E-state index contributed by atoms with van der Waals surface area (Å²) in [5, 5.41) is 3.37. The maximum atomic E-state index is 12.5. The van der Waals surface area contributed by atoms with Crippen LogP contribution in [0.1, 0.15) is 16.2 Å². The van der Waals surface area contributed by atoms with E-state index >= 15 is 0 Å². The molecule has 0 aliphatic rings. The number of anilines is 1. The minimum Gasteiger partial charge on any atom is -0.296 e. The Bertz CT molecular complexity index is 1000. The zero-order chi connectivity index (χ0) is 18.6. The molecule has 5 nitrogen and oxygen atoms in total. The zero-order valence-corrected chi connectivity index (χ0v) is 15.4. The van der Waals surface area contributed by atoms with E-state index in [2.05, 4.69) is 20.3 Å². The number of carbonyl (C=O) groups is 1. The predicted octanol–water partition coefficient (Wildman–Crippen LogP) is 4.83. The third-order valence-electron chi connectivity index (χ3n) is 3.94. The topological polar surface area (TPSA) is 67.8 Å². The van der Waals surface area contributed by atoms with Crippen molar-refractivity contribution in [2.45, 2.75) is 6.92 Å². The minimum absolute atomic E-state index is 0.262. The average molecular weight is 372 g/mol. The van der Waals surface area contributed by atoms with Gasteiger partial charge in [0.05, 0.1) is 22.5 Å². The molecule has 2 heterocycles. The van der Waals surface area contributed by atoms with Gasteiger partial charge in [-0.25, -0.2) is 9.97 Å². The van der Waals surface area contributed by atoms with Crippen LogP contribution in [0.2, 0.25) is 0 Å². The molecule has 0 bridgehead atoms. The third-order valence-corrected chi connectivity index (χ3v) is 4.96. The van der Waals surface area contributed by atoms with E-state index in [0.717, 1.165) is 27.4 Å². The first-order valence-electron chi connectivity index (χ1n) is 8.42. The summed E-state index contributed by atoms with van der Waals surface area (Å²) < 4.78 is 0. The number of nitrogens with zero attached hydrogens (tertiary/aromatic N) is 3. The molecule has 132 valence electrons. The van der Waals surface area contributed by atoms with Crippen molar-refractivity contribution in [3.8, 4) is 21.7 Å². The third kappa shape index (κ3) is 3.75. The first kappa shape index (κ1) is 17.1. The van der Waals surface area contributed by atoms with Gasteiger partial charge in [-0.3, -0.25) is 15.1 Å². The summed E-state index contributed by atoms with van der Waals surface area (Å²) in [6, 6.07) is 20.0. The molecule has 0 spiro atoms. The van der Waals surface area contributed by atoms with E-state index in [0.29, 0.717) is 5.13 Å². The first-order chi connectivity index (χ1) is 13.2. The Labute approximate surface area is 160 Å². The number of aryl methyl sites for hydroxylation is 1. The maximum absolute atomic E-state index is 12.5. The number of carbonyl (C=O) groups excluding carboxylic acids is 1. The fraction of sp³-hybridized carbons (Fsp3) is 0.0476. The smallest absolute Gasteiger partial charge is 0.277 e.